The third-order valence-corrected chi connectivity index (χ3v) is 4.60. The number of ether oxygens (including phenoxy) is 1. The molecule has 0 bridgehead atoms. The molecule has 0 atom stereocenters. The van der Waals surface area contributed by atoms with Crippen LogP contribution in [0.3, 0.4) is 0 Å². The summed E-state index contributed by atoms with van der Waals surface area (Å²) in [5, 5.41) is 0. The van der Waals surface area contributed by atoms with Crippen LogP contribution in [0.5, 0.6) is 5.75 Å². The van der Waals surface area contributed by atoms with Gasteiger partial charge in [0.1, 0.15) is 5.75 Å². The lowest BCUT2D eigenvalue weighted by atomic mass is 9.86. The lowest BCUT2D eigenvalue weighted by Crippen LogP contribution is -2.24. The van der Waals surface area contributed by atoms with E-state index in [4.69, 9.17) is 4.74 Å². The zero-order chi connectivity index (χ0) is 14.4. The Bertz CT molecular complexity index is 408. The normalized spacial score (nSPS) is 22.8. The first-order valence-electron chi connectivity index (χ1n) is 8.35. The Labute approximate surface area is 124 Å². The van der Waals surface area contributed by atoms with Crippen LogP contribution in [0.2, 0.25) is 0 Å². The first-order chi connectivity index (χ1) is 9.72. The predicted octanol–water partition coefficient (Wildman–Crippen LogP) is 5.08. The number of hydrogen-bond donors (Lipinski definition) is 0. The smallest absolute Gasteiger partial charge is 0.138 e. The summed E-state index contributed by atoms with van der Waals surface area (Å²) >= 11 is 0. The van der Waals surface area contributed by atoms with Gasteiger partial charge in [0.25, 0.3) is 0 Å². The monoisotopic (exact) mass is 275 g/mol. The Hall–Kier alpha value is -1.05. The Morgan fingerprint density at radius 1 is 1.20 bits per heavy atom. The number of aryl methyl sites for hydroxylation is 2. The molecule has 1 fully saturated rings. The molecule has 2 rings (SSSR count). The van der Waals surface area contributed by atoms with Gasteiger partial charge in [-0.3, -0.25) is 4.98 Å². The SMILES string of the molecule is CCCCc1ncc(O[C@H]2CC[C@H](CC)CC2)cc1C. The zero-order valence-electron chi connectivity index (χ0n) is 13.3. The van der Waals surface area contributed by atoms with E-state index in [2.05, 4.69) is 31.8 Å². The Balaban J connectivity index is 1.89. The summed E-state index contributed by atoms with van der Waals surface area (Å²) in [6.45, 7) is 6.67. The van der Waals surface area contributed by atoms with Crippen molar-refractivity contribution >= 4 is 0 Å². The van der Waals surface area contributed by atoms with Crippen LogP contribution in [0, 0.1) is 12.8 Å². The maximum atomic E-state index is 6.13. The summed E-state index contributed by atoms with van der Waals surface area (Å²) in [5.74, 6) is 1.88. The van der Waals surface area contributed by atoms with Crippen LogP contribution in [-0.2, 0) is 6.42 Å². The van der Waals surface area contributed by atoms with Crippen LogP contribution in [0.1, 0.15) is 70.1 Å². The van der Waals surface area contributed by atoms with Gasteiger partial charge < -0.3 is 4.74 Å². The van der Waals surface area contributed by atoms with Gasteiger partial charge in [-0.25, -0.2) is 0 Å². The highest BCUT2D eigenvalue weighted by molar-refractivity contribution is 5.28. The minimum atomic E-state index is 0.403. The molecule has 1 aromatic rings. The first-order valence-corrected chi connectivity index (χ1v) is 8.35. The number of aromatic nitrogens is 1. The van der Waals surface area contributed by atoms with Crippen molar-refractivity contribution in [3.05, 3.63) is 23.5 Å². The van der Waals surface area contributed by atoms with E-state index in [1.54, 1.807) is 0 Å². The molecule has 0 aromatic carbocycles. The first kappa shape index (κ1) is 15.3. The van der Waals surface area contributed by atoms with Crippen molar-refractivity contribution in [2.45, 2.75) is 78.2 Å². The maximum absolute atomic E-state index is 6.13. The van der Waals surface area contributed by atoms with E-state index in [1.807, 2.05) is 6.20 Å². The molecular weight excluding hydrogens is 246 g/mol. The standard InChI is InChI=1S/C18H29NO/c1-4-6-7-18-14(3)12-17(13-19-18)20-16-10-8-15(5-2)9-11-16/h12-13,15-16H,4-11H2,1-3H3/t15-,16-. The molecule has 0 saturated heterocycles. The molecule has 20 heavy (non-hydrogen) atoms. The van der Waals surface area contributed by atoms with Crippen LogP contribution >= 0.6 is 0 Å². The summed E-state index contributed by atoms with van der Waals surface area (Å²) in [7, 11) is 0. The largest absolute Gasteiger partial charge is 0.489 e. The van der Waals surface area contributed by atoms with Gasteiger partial charge in [-0.2, -0.15) is 0 Å². The van der Waals surface area contributed by atoms with E-state index in [9.17, 15) is 0 Å². The molecule has 0 amide bonds. The molecule has 1 heterocycles. The van der Waals surface area contributed by atoms with Crippen LogP contribution in [-0.4, -0.2) is 11.1 Å². The minimum Gasteiger partial charge on any atom is -0.489 e. The fourth-order valence-corrected chi connectivity index (χ4v) is 3.10. The Kier molecular flexibility index (Phi) is 5.87. The number of unbranched alkanes of at least 4 members (excludes halogenated alkanes) is 1. The van der Waals surface area contributed by atoms with Crippen LogP contribution < -0.4 is 4.74 Å². The van der Waals surface area contributed by atoms with Gasteiger partial charge in [-0.05, 0) is 63.0 Å². The van der Waals surface area contributed by atoms with Crippen LogP contribution in [0.4, 0.5) is 0 Å². The van der Waals surface area contributed by atoms with E-state index in [0.29, 0.717) is 6.10 Å². The molecule has 0 aliphatic heterocycles. The predicted molar refractivity (Wildman–Crippen MR) is 84.3 cm³/mol. The molecule has 2 heteroatoms. The quantitative estimate of drug-likeness (QED) is 0.722. The van der Waals surface area contributed by atoms with Gasteiger partial charge in [0.15, 0.2) is 0 Å². The van der Waals surface area contributed by atoms with Crippen molar-refractivity contribution in [3.63, 3.8) is 0 Å². The van der Waals surface area contributed by atoms with Gasteiger partial charge in [-0.15, -0.1) is 0 Å². The zero-order valence-corrected chi connectivity index (χ0v) is 13.3. The van der Waals surface area contributed by atoms with Crippen LogP contribution in [0.15, 0.2) is 12.3 Å². The van der Waals surface area contributed by atoms with Gasteiger partial charge >= 0.3 is 0 Å². The number of rotatable bonds is 6. The number of hydrogen-bond acceptors (Lipinski definition) is 2. The number of nitrogens with zero attached hydrogens (tertiary/aromatic N) is 1. The summed E-state index contributed by atoms with van der Waals surface area (Å²) in [4.78, 5) is 4.59. The average Bonchev–Trinajstić information content (AvgIpc) is 2.47. The molecular formula is C18H29NO. The minimum absolute atomic E-state index is 0.403. The Morgan fingerprint density at radius 3 is 2.55 bits per heavy atom. The average molecular weight is 275 g/mol. The summed E-state index contributed by atoms with van der Waals surface area (Å²) < 4.78 is 6.13. The third-order valence-electron chi connectivity index (χ3n) is 4.60. The fourth-order valence-electron chi connectivity index (χ4n) is 3.10. The topological polar surface area (TPSA) is 22.1 Å². The van der Waals surface area contributed by atoms with E-state index >= 15 is 0 Å². The summed E-state index contributed by atoms with van der Waals surface area (Å²) in [6.07, 6.45) is 12.2. The molecule has 0 radical (unpaired) electrons. The van der Waals surface area contributed by atoms with Crippen molar-refractivity contribution in [3.8, 4) is 5.75 Å². The molecule has 2 nitrogen and oxygen atoms in total. The molecule has 0 unspecified atom stereocenters. The molecule has 1 saturated carbocycles. The van der Waals surface area contributed by atoms with E-state index in [0.717, 1.165) is 18.1 Å². The van der Waals surface area contributed by atoms with Crippen molar-refractivity contribution in [1.82, 2.24) is 4.98 Å². The fraction of sp³-hybridized carbons (Fsp3) is 0.722. The summed E-state index contributed by atoms with van der Waals surface area (Å²) in [6, 6.07) is 2.17. The van der Waals surface area contributed by atoms with Crippen molar-refractivity contribution in [1.29, 1.82) is 0 Å². The number of pyridine rings is 1. The molecule has 0 N–H and O–H groups in total. The maximum Gasteiger partial charge on any atom is 0.138 e. The van der Waals surface area contributed by atoms with E-state index in [-0.39, 0.29) is 0 Å². The van der Waals surface area contributed by atoms with Crippen molar-refractivity contribution < 1.29 is 4.74 Å². The second-order valence-electron chi connectivity index (χ2n) is 6.21. The third kappa shape index (κ3) is 4.22. The molecule has 0 spiro atoms. The second kappa shape index (κ2) is 7.66. The van der Waals surface area contributed by atoms with Gasteiger partial charge in [0, 0.05) is 5.69 Å². The van der Waals surface area contributed by atoms with Gasteiger partial charge in [-0.1, -0.05) is 26.7 Å². The van der Waals surface area contributed by atoms with E-state index < -0.39 is 0 Å². The molecule has 1 aliphatic carbocycles. The molecule has 1 aromatic heterocycles. The van der Waals surface area contributed by atoms with Gasteiger partial charge in [0.05, 0.1) is 12.3 Å². The Morgan fingerprint density at radius 2 is 1.95 bits per heavy atom. The van der Waals surface area contributed by atoms with Crippen LogP contribution in [0.25, 0.3) is 0 Å². The van der Waals surface area contributed by atoms with Crippen molar-refractivity contribution in [2.24, 2.45) is 5.92 Å². The highest BCUT2D eigenvalue weighted by Crippen LogP contribution is 2.29. The summed E-state index contributed by atoms with van der Waals surface area (Å²) in [5.41, 5.74) is 2.51. The molecule has 1 aliphatic rings. The second-order valence-corrected chi connectivity index (χ2v) is 6.21. The highest BCUT2D eigenvalue weighted by Gasteiger charge is 2.21. The van der Waals surface area contributed by atoms with E-state index in [1.165, 1.54) is 56.2 Å². The van der Waals surface area contributed by atoms with Gasteiger partial charge in [0.2, 0.25) is 0 Å². The van der Waals surface area contributed by atoms with Crippen molar-refractivity contribution in [2.75, 3.05) is 0 Å². The molecule has 112 valence electrons. The highest BCUT2D eigenvalue weighted by atomic mass is 16.5. The lowest BCUT2D eigenvalue weighted by molar-refractivity contribution is 0.129. The lowest BCUT2D eigenvalue weighted by Gasteiger charge is -2.28.